The van der Waals surface area contributed by atoms with Gasteiger partial charge in [0, 0.05) is 6.54 Å². The maximum absolute atomic E-state index is 12.3. The Morgan fingerprint density at radius 1 is 1.00 bits per heavy atom. The number of nitrogens with zero attached hydrogens (tertiary/aromatic N) is 1. The summed E-state index contributed by atoms with van der Waals surface area (Å²) in [7, 11) is 1.67. The van der Waals surface area contributed by atoms with Gasteiger partial charge in [0.1, 0.15) is 0 Å². The highest BCUT2D eigenvalue weighted by Crippen LogP contribution is 2.04. The van der Waals surface area contributed by atoms with E-state index in [0.717, 1.165) is 11.1 Å². The number of carbonyl (C=O) groups excluding carboxylic acids is 2. The van der Waals surface area contributed by atoms with Crippen molar-refractivity contribution in [1.82, 2.24) is 10.6 Å². The fourth-order valence-electron chi connectivity index (χ4n) is 2.28. The zero-order chi connectivity index (χ0) is 18.1. The molecule has 0 aromatic heterocycles. The summed E-state index contributed by atoms with van der Waals surface area (Å²) in [6.07, 6.45) is 0.471. The van der Waals surface area contributed by atoms with Gasteiger partial charge in [0.05, 0.1) is 6.04 Å². The topological polar surface area (TPSA) is 96.6 Å². The normalized spacial score (nSPS) is 12.4. The molecule has 0 saturated heterocycles. The lowest BCUT2D eigenvalue weighted by atomic mass is 10.1. The van der Waals surface area contributed by atoms with E-state index in [-0.39, 0.29) is 5.84 Å². The highest BCUT2D eigenvalue weighted by molar-refractivity contribution is 6.38. The molecular formula is C19H22N4O2. The van der Waals surface area contributed by atoms with Crippen LogP contribution in [0.3, 0.4) is 0 Å². The summed E-state index contributed by atoms with van der Waals surface area (Å²) < 4.78 is 0. The highest BCUT2D eigenvalue weighted by Gasteiger charge is 2.18. The van der Waals surface area contributed by atoms with Crippen LogP contribution in [-0.2, 0) is 22.6 Å². The summed E-state index contributed by atoms with van der Waals surface area (Å²) in [4.78, 5) is 28.0. The third kappa shape index (κ3) is 5.86. The van der Waals surface area contributed by atoms with Crippen molar-refractivity contribution in [3.05, 3.63) is 71.8 Å². The van der Waals surface area contributed by atoms with Crippen LogP contribution in [0.15, 0.2) is 65.7 Å². The average Bonchev–Trinajstić information content (AvgIpc) is 2.65. The van der Waals surface area contributed by atoms with Crippen molar-refractivity contribution < 1.29 is 9.59 Å². The lowest BCUT2D eigenvalue weighted by molar-refractivity contribution is -0.120. The molecule has 0 bridgehead atoms. The third-order valence-corrected chi connectivity index (χ3v) is 3.69. The molecule has 1 atom stereocenters. The number of benzene rings is 2. The van der Waals surface area contributed by atoms with Crippen LogP contribution >= 0.6 is 0 Å². The Morgan fingerprint density at radius 2 is 1.56 bits per heavy atom. The van der Waals surface area contributed by atoms with Crippen molar-refractivity contribution in [1.29, 1.82) is 0 Å². The van der Waals surface area contributed by atoms with Gasteiger partial charge >= 0.3 is 0 Å². The Morgan fingerprint density at radius 3 is 2.12 bits per heavy atom. The van der Waals surface area contributed by atoms with E-state index in [1.165, 1.54) is 0 Å². The lowest BCUT2D eigenvalue weighted by Crippen LogP contribution is -2.40. The molecule has 0 radical (unpaired) electrons. The van der Waals surface area contributed by atoms with Crippen molar-refractivity contribution in [2.75, 3.05) is 7.05 Å². The number of amidine groups is 1. The number of hydrogen-bond donors (Lipinski definition) is 3. The molecule has 2 aromatic rings. The number of amides is 2. The van der Waals surface area contributed by atoms with Gasteiger partial charge in [0.25, 0.3) is 11.8 Å². The van der Waals surface area contributed by atoms with Crippen molar-refractivity contribution in [3.8, 4) is 0 Å². The van der Waals surface area contributed by atoms with Gasteiger partial charge in [-0.3, -0.25) is 9.59 Å². The van der Waals surface area contributed by atoms with Crippen LogP contribution in [0.1, 0.15) is 11.1 Å². The van der Waals surface area contributed by atoms with Crippen molar-refractivity contribution in [2.45, 2.75) is 19.0 Å². The van der Waals surface area contributed by atoms with Gasteiger partial charge in [-0.2, -0.15) is 4.99 Å². The largest absolute Gasteiger partial charge is 0.379 e. The number of carbonyl (C=O) groups is 2. The van der Waals surface area contributed by atoms with Crippen LogP contribution in [0.4, 0.5) is 0 Å². The predicted molar refractivity (Wildman–Crippen MR) is 97.9 cm³/mol. The molecule has 4 N–H and O–H groups in total. The third-order valence-electron chi connectivity index (χ3n) is 3.69. The quantitative estimate of drug-likeness (QED) is 0.541. The van der Waals surface area contributed by atoms with Crippen LogP contribution in [0.25, 0.3) is 0 Å². The number of aliphatic imine (C=N–C) groups is 1. The second-order valence-corrected chi connectivity index (χ2v) is 5.53. The van der Waals surface area contributed by atoms with Crippen LogP contribution in [0.2, 0.25) is 0 Å². The Balaban J connectivity index is 1.94. The second-order valence-electron chi connectivity index (χ2n) is 5.53. The zero-order valence-electron chi connectivity index (χ0n) is 14.1. The van der Waals surface area contributed by atoms with Gasteiger partial charge in [-0.1, -0.05) is 60.7 Å². The van der Waals surface area contributed by atoms with Crippen LogP contribution in [-0.4, -0.2) is 30.7 Å². The Kier molecular flexibility index (Phi) is 6.86. The number of rotatable bonds is 6. The van der Waals surface area contributed by atoms with E-state index >= 15 is 0 Å². The van der Waals surface area contributed by atoms with Gasteiger partial charge in [-0.15, -0.1) is 0 Å². The first-order valence-electron chi connectivity index (χ1n) is 8.01. The molecule has 2 amide bonds. The first-order valence-corrected chi connectivity index (χ1v) is 8.01. The lowest BCUT2D eigenvalue weighted by Gasteiger charge is -2.12. The predicted octanol–water partition coefficient (Wildman–Crippen LogP) is 1.02. The smallest absolute Gasteiger partial charge is 0.286 e. The van der Waals surface area contributed by atoms with Crippen LogP contribution in [0.5, 0.6) is 0 Å². The fourth-order valence-corrected chi connectivity index (χ4v) is 2.28. The molecule has 0 aliphatic rings. The molecule has 130 valence electrons. The summed E-state index contributed by atoms with van der Waals surface area (Å²) in [6, 6.07) is 18.5. The number of likely N-dealkylation sites (N-methyl/N-ethyl adjacent to an activating group) is 1. The van der Waals surface area contributed by atoms with E-state index in [1.54, 1.807) is 7.05 Å². The maximum Gasteiger partial charge on any atom is 0.286 e. The molecule has 0 spiro atoms. The van der Waals surface area contributed by atoms with Crippen LogP contribution < -0.4 is 16.4 Å². The molecule has 2 aromatic carbocycles. The molecule has 0 fully saturated rings. The van der Waals surface area contributed by atoms with Crippen molar-refractivity contribution in [2.24, 2.45) is 10.7 Å². The minimum Gasteiger partial charge on any atom is -0.379 e. The standard InChI is InChI=1S/C19H22N4O2/c1-21-16(12-14-8-4-2-5-9-14)18(24)23-17(20)19(25)22-13-15-10-6-3-7-11-15/h2-11,16,21H,12-13H2,1H3,(H,22,25)(H2,20,23,24)/t16-/m1/s1. The van der Waals surface area contributed by atoms with E-state index in [0.29, 0.717) is 13.0 Å². The molecule has 6 nitrogen and oxygen atoms in total. The van der Waals surface area contributed by atoms with E-state index < -0.39 is 17.9 Å². The summed E-state index contributed by atoms with van der Waals surface area (Å²) in [6.45, 7) is 0.323. The van der Waals surface area contributed by atoms with Crippen molar-refractivity contribution in [3.63, 3.8) is 0 Å². The molecule has 2 rings (SSSR count). The van der Waals surface area contributed by atoms with Gasteiger partial charge in [0.15, 0.2) is 5.84 Å². The molecule has 0 unspecified atom stereocenters. The van der Waals surface area contributed by atoms with Gasteiger partial charge in [-0.05, 0) is 24.6 Å². The molecule has 0 saturated carbocycles. The zero-order valence-corrected chi connectivity index (χ0v) is 14.1. The summed E-state index contributed by atoms with van der Waals surface area (Å²) in [5.41, 5.74) is 7.59. The van der Waals surface area contributed by atoms with Gasteiger partial charge in [0.2, 0.25) is 0 Å². The van der Waals surface area contributed by atoms with Gasteiger partial charge in [-0.25, -0.2) is 0 Å². The Labute approximate surface area is 147 Å². The second kappa shape index (κ2) is 9.34. The van der Waals surface area contributed by atoms with E-state index in [1.807, 2.05) is 60.7 Å². The summed E-state index contributed by atoms with van der Waals surface area (Å²) in [5, 5.41) is 5.55. The number of hydrogen-bond acceptors (Lipinski definition) is 3. The first kappa shape index (κ1) is 18.4. The molecule has 6 heteroatoms. The summed E-state index contributed by atoms with van der Waals surface area (Å²) in [5.74, 6) is -1.38. The van der Waals surface area contributed by atoms with Gasteiger partial charge < -0.3 is 16.4 Å². The first-order chi connectivity index (χ1) is 12.1. The van der Waals surface area contributed by atoms with E-state index in [9.17, 15) is 9.59 Å². The Bertz CT molecular complexity index is 730. The van der Waals surface area contributed by atoms with Crippen molar-refractivity contribution >= 4 is 17.6 Å². The molecule has 0 heterocycles. The summed E-state index contributed by atoms with van der Waals surface area (Å²) >= 11 is 0. The highest BCUT2D eigenvalue weighted by atomic mass is 16.2. The molecule has 0 aliphatic heterocycles. The maximum atomic E-state index is 12.3. The fraction of sp³-hybridized carbons (Fsp3) is 0.211. The molecule has 0 aliphatic carbocycles. The number of nitrogens with one attached hydrogen (secondary N) is 2. The van der Waals surface area contributed by atoms with E-state index in [2.05, 4.69) is 15.6 Å². The minimum absolute atomic E-state index is 0.323. The number of nitrogens with two attached hydrogens (primary N) is 1. The Hall–Kier alpha value is -2.99. The van der Waals surface area contributed by atoms with Crippen LogP contribution in [0, 0.1) is 0 Å². The molecular weight excluding hydrogens is 316 g/mol. The van der Waals surface area contributed by atoms with E-state index in [4.69, 9.17) is 5.73 Å². The SMILES string of the molecule is CN[C@H](Cc1ccccc1)C(=O)N=C(N)C(=O)NCc1ccccc1. The minimum atomic E-state index is -0.563. The molecule has 25 heavy (non-hydrogen) atoms. The average molecular weight is 338 g/mol. The monoisotopic (exact) mass is 338 g/mol.